The van der Waals surface area contributed by atoms with Gasteiger partial charge in [0.15, 0.2) is 23.0 Å². The molecule has 0 aliphatic carbocycles. The highest BCUT2D eigenvalue weighted by atomic mass is 31.2. The number of carbonyl (C=O) groups excluding carboxylic acids is 3. The van der Waals surface area contributed by atoms with Gasteiger partial charge in [-0.25, -0.2) is 9.36 Å². The number of esters is 1. The molecule has 16 heteroatoms. The van der Waals surface area contributed by atoms with Gasteiger partial charge in [-0.05, 0) is 64.6 Å². The first-order valence-corrected chi connectivity index (χ1v) is 25.6. The van der Waals surface area contributed by atoms with E-state index in [4.69, 9.17) is 42.0 Å². The Morgan fingerprint density at radius 2 is 1.19 bits per heavy atom. The lowest BCUT2D eigenvalue weighted by Gasteiger charge is -2.23. The van der Waals surface area contributed by atoms with Gasteiger partial charge in [-0.3, -0.25) is 18.6 Å². The van der Waals surface area contributed by atoms with Gasteiger partial charge in [-0.15, -0.1) is 0 Å². The summed E-state index contributed by atoms with van der Waals surface area (Å²) in [5, 5.41) is 5.83. The number of rotatable bonds is 24. The molecule has 2 amide bonds. The molecular formula is C58H57N2O13P. The van der Waals surface area contributed by atoms with E-state index in [-0.39, 0.29) is 63.1 Å². The lowest BCUT2D eigenvalue weighted by molar-refractivity contribution is -0.266. The van der Waals surface area contributed by atoms with Crippen molar-refractivity contribution in [3.8, 4) is 34.1 Å². The van der Waals surface area contributed by atoms with Crippen molar-refractivity contribution in [2.75, 3.05) is 11.9 Å². The zero-order valence-electron chi connectivity index (χ0n) is 41.2. The number of carbonyl (C=O) groups is 3. The van der Waals surface area contributed by atoms with Crippen molar-refractivity contribution in [2.45, 2.75) is 78.7 Å². The average Bonchev–Trinajstić information content (AvgIpc) is 3.76. The minimum atomic E-state index is -4.38. The molecule has 7 aromatic rings. The summed E-state index contributed by atoms with van der Waals surface area (Å²) in [6, 6.07) is 51.3. The Morgan fingerprint density at radius 3 is 1.80 bits per heavy atom. The lowest BCUT2D eigenvalue weighted by atomic mass is 9.98. The van der Waals surface area contributed by atoms with E-state index in [0.717, 1.165) is 22.3 Å². The van der Waals surface area contributed by atoms with Crippen molar-refractivity contribution < 1.29 is 60.9 Å². The Hall–Kier alpha value is -7.94. The van der Waals surface area contributed by atoms with Crippen LogP contribution in [0.1, 0.15) is 60.6 Å². The number of hydrogen-bond acceptors (Lipinski definition) is 13. The maximum atomic E-state index is 14.9. The van der Waals surface area contributed by atoms with Crippen molar-refractivity contribution in [1.29, 1.82) is 0 Å². The van der Waals surface area contributed by atoms with E-state index in [0.29, 0.717) is 40.4 Å². The van der Waals surface area contributed by atoms with Crippen LogP contribution >= 0.6 is 7.82 Å². The van der Waals surface area contributed by atoms with Crippen LogP contribution in [0.15, 0.2) is 176 Å². The van der Waals surface area contributed by atoms with Crippen molar-refractivity contribution in [1.82, 2.24) is 5.32 Å². The highest BCUT2D eigenvalue weighted by Gasteiger charge is 2.38. The van der Waals surface area contributed by atoms with E-state index in [2.05, 4.69) is 10.6 Å². The van der Waals surface area contributed by atoms with Gasteiger partial charge < -0.3 is 43.6 Å². The summed E-state index contributed by atoms with van der Waals surface area (Å²) in [6.45, 7) is 5.20. The standard InChI is InChI=1S/C58H57N2O13P/c1-4-54(61)66-40-47-27-18-28-48(55(47)60-56(62)49(59-57(63)67-37-42-21-12-7-13-22-42)33-45-29-31-50-53(34-45)72-58(3,71-50)68-5-2)46-30-32-51(52(35-46)65-36-41-19-10-6-11-20-41)73-74(64,69-38-43-23-14-8-15-24-43)70-39-44-25-16-9-17-26-44/h6-32,34-35,49H,4-5,33,36-40H2,1-3H3,(H,59,63)(H,60,62)/t49?,58-/m0/s1. The molecule has 0 fully saturated rings. The van der Waals surface area contributed by atoms with Crippen LogP contribution in [0.25, 0.3) is 11.1 Å². The third kappa shape index (κ3) is 14.6. The van der Waals surface area contributed by atoms with E-state index in [1.807, 2.05) is 128 Å². The number of nitrogens with one attached hydrogen (secondary N) is 2. The third-order valence-corrected chi connectivity index (χ3v) is 12.8. The number of para-hydroxylation sites is 1. The molecule has 0 saturated carbocycles. The van der Waals surface area contributed by atoms with E-state index in [1.54, 1.807) is 68.4 Å². The number of benzene rings is 7. The topological polar surface area (TPSA) is 175 Å². The molecule has 0 radical (unpaired) electrons. The predicted octanol–water partition coefficient (Wildman–Crippen LogP) is 12.3. The van der Waals surface area contributed by atoms with Crippen LogP contribution in [0.2, 0.25) is 0 Å². The Morgan fingerprint density at radius 1 is 0.595 bits per heavy atom. The molecule has 15 nitrogen and oxygen atoms in total. The molecule has 7 aromatic carbocycles. The fourth-order valence-electron chi connectivity index (χ4n) is 7.78. The summed E-state index contributed by atoms with van der Waals surface area (Å²) < 4.78 is 68.3. The fourth-order valence-corrected chi connectivity index (χ4v) is 8.97. The summed E-state index contributed by atoms with van der Waals surface area (Å²) in [7, 11) is -4.38. The third-order valence-electron chi connectivity index (χ3n) is 11.5. The smallest absolute Gasteiger partial charge is 0.485 e. The largest absolute Gasteiger partial charge is 0.530 e. The number of fused-ring (bicyclic) bond motifs is 1. The molecule has 0 bridgehead atoms. The first-order chi connectivity index (χ1) is 36.0. The van der Waals surface area contributed by atoms with Crippen molar-refractivity contribution in [3.05, 3.63) is 209 Å². The molecule has 8 rings (SSSR count). The molecule has 2 N–H and O–H groups in total. The van der Waals surface area contributed by atoms with Crippen molar-refractivity contribution in [2.24, 2.45) is 0 Å². The highest BCUT2D eigenvalue weighted by Crippen LogP contribution is 2.53. The highest BCUT2D eigenvalue weighted by molar-refractivity contribution is 7.48. The van der Waals surface area contributed by atoms with E-state index < -0.39 is 37.8 Å². The Balaban J connectivity index is 1.14. The first kappa shape index (κ1) is 52.4. The van der Waals surface area contributed by atoms with Gasteiger partial charge in [0.25, 0.3) is 0 Å². The van der Waals surface area contributed by atoms with Crippen LogP contribution in [-0.2, 0) is 76.9 Å². The summed E-state index contributed by atoms with van der Waals surface area (Å²) in [5.74, 6) is -1.35. The maximum absolute atomic E-state index is 14.9. The van der Waals surface area contributed by atoms with Gasteiger partial charge in [0, 0.05) is 30.9 Å². The number of alkyl carbamates (subject to hydrolysis) is 1. The van der Waals surface area contributed by atoms with Crippen LogP contribution < -0.4 is 29.4 Å². The van der Waals surface area contributed by atoms with E-state index in [1.165, 1.54) is 0 Å². The van der Waals surface area contributed by atoms with Gasteiger partial charge in [0.05, 0.1) is 25.5 Å². The Labute approximate surface area is 430 Å². The second-order valence-electron chi connectivity index (χ2n) is 17.1. The van der Waals surface area contributed by atoms with Crippen LogP contribution in [0.3, 0.4) is 0 Å². The number of anilines is 1. The molecule has 2 atom stereocenters. The number of amides is 2. The number of phosphoric ester groups is 1. The molecule has 382 valence electrons. The van der Waals surface area contributed by atoms with Crippen LogP contribution in [0, 0.1) is 0 Å². The summed E-state index contributed by atoms with van der Waals surface area (Å²) >= 11 is 0. The van der Waals surface area contributed by atoms with E-state index >= 15 is 0 Å². The van der Waals surface area contributed by atoms with Crippen molar-refractivity contribution in [3.63, 3.8) is 0 Å². The Bertz CT molecular complexity index is 2990. The zero-order chi connectivity index (χ0) is 51.8. The zero-order valence-corrected chi connectivity index (χ0v) is 42.1. The van der Waals surface area contributed by atoms with Gasteiger partial charge in [-0.2, -0.15) is 0 Å². The van der Waals surface area contributed by atoms with Crippen LogP contribution in [0.5, 0.6) is 23.0 Å². The summed E-state index contributed by atoms with van der Waals surface area (Å²) in [6.07, 6.45) is -0.730. The molecule has 74 heavy (non-hydrogen) atoms. The minimum Gasteiger partial charge on any atom is -0.485 e. The lowest BCUT2D eigenvalue weighted by Crippen LogP contribution is -2.45. The van der Waals surface area contributed by atoms with Gasteiger partial charge in [-0.1, -0.05) is 159 Å². The molecule has 0 saturated heterocycles. The summed E-state index contributed by atoms with van der Waals surface area (Å²) in [5.41, 5.74) is 5.42. The normalized spacial score (nSPS) is 14.1. The van der Waals surface area contributed by atoms with Gasteiger partial charge in [0.2, 0.25) is 5.91 Å². The number of hydrogen-bond donors (Lipinski definition) is 2. The molecular weight excluding hydrogens is 964 g/mol. The van der Waals surface area contributed by atoms with Gasteiger partial charge >= 0.3 is 25.9 Å². The van der Waals surface area contributed by atoms with Crippen LogP contribution in [0.4, 0.5) is 10.5 Å². The molecule has 1 aliphatic heterocycles. The average molecular weight is 1020 g/mol. The monoisotopic (exact) mass is 1020 g/mol. The number of ether oxygens (including phenoxy) is 6. The molecule has 1 unspecified atom stereocenters. The fraction of sp³-hybridized carbons (Fsp3) is 0.224. The molecule has 0 aromatic heterocycles. The first-order valence-electron chi connectivity index (χ1n) is 24.1. The van der Waals surface area contributed by atoms with E-state index in [9.17, 15) is 18.9 Å². The minimum absolute atomic E-state index is 0.0150. The van der Waals surface area contributed by atoms with Crippen molar-refractivity contribution >= 4 is 31.5 Å². The SMILES string of the molecule is CCO[C@@]1(C)Oc2ccc(CC(NC(=O)OCc3ccccc3)C(=O)Nc3c(COC(=O)CC)cccc3-c3ccc(OP(=O)(OCc4ccccc4)OCc4ccccc4)c(OCc4ccccc4)c3)cc2O1. The quantitative estimate of drug-likeness (QED) is 0.0432. The maximum Gasteiger partial charge on any atom is 0.530 e. The summed E-state index contributed by atoms with van der Waals surface area (Å²) in [4.78, 5) is 41.0. The van der Waals surface area contributed by atoms with Crippen LogP contribution in [-0.4, -0.2) is 36.6 Å². The molecule has 0 spiro atoms. The predicted molar refractivity (Wildman–Crippen MR) is 277 cm³/mol. The second kappa shape index (κ2) is 25.1. The Kier molecular flexibility index (Phi) is 17.8. The second-order valence-corrected chi connectivity index (χ2v) is 18.7. The van der Waals surface area contributed by atoms with Gasteiger partial charge in [0.1, 0.15) is 25.9 Å². The molecule has 1 aliphatic rings. The molecule has 1 heterocycles. The number of phosphoric acid groups is 1.